The minimum atomic E-state index is -0.722. The molecule has 2 aromatic rings. The highest BCUT2D eigenvalue weighted by Crippen LogP contribution is 2.36. The molecule has 1 unspecified atom stereocenters. The molecule has 3 rings (SSSR count). The van der Waals surface area contributed by atoms with E-state index in [2.05, 4.69) is 17.5 Å². The maximum atomic E-state index is 15.2. The number of pyridine rings is 1. The Balaban J connectivity index is 2.10. The topological polar surface area (TPSA) is 68.7 Å². The molecule has 0 N–H and O–H groups in total. The maximum absolute atomic E-state index is 15.2. The van der Waals surface area contributed by atoms with Crippen LogP contribution < -0.4 is 9.64 Å². The van der Waals surface area contributed by atoms with E-state index in [1.54, 1.807) is 31.5 Å². The molecule has 1 heterocycles. The number of halogens is 2. The average Bonchev–Trinajstić information content (AvgIpc) is 2.87. The van der Waals surface area contributed by atoms with Crippen LogP contribution in [0.4, 0.5) is 10.1 Å². The molecule has 0 aliphatic heterocycles. The second-order valence-electron chi connectivity index (χ2n) is 7.96. The van der Waals surface area contributed by atoms with Crippen molar-refractivity contribution in [3.63, 3.8) is 0 Å². The summed E-state index contributed by atoms with van der Waals surface area (Å²) in [7, 11) is 0. The molecule has 6 nitrogen and oxygen atoms in total. The van der Waals surface area contributed by atoms with Crippen LogP contribution in [0.3, 0.4) is 0 Å². The van der Waals surface area contributed by atoms with Crippen LogP contribution in [0, 0.1) is 18.2 Å². The Labute approximate surface area is 209 Å². The molecule has 0 spiro atoms. The van der Waals surface area contributed by atoms with Gasteiger partial charge in [-0.25, -0.2) is 9.18 Å². The zero-order chi connectivity index (χ0) is 25.4. The van der Waals surface area contributed by atoms with Gasteiger partial charge in [0.1, 0.15) is 18.2 Å². The molecule has 0 saturated carbocycles. The highest BCUT2D eigenvalue weighted by molar-refractivity contribution is 6.32. The van der Waals surface area contributed by atoms with E-state index in [9.17, 15) is 9.59 Å². The summed E-state index contributed by atoms with van der Waals surface area (Å²) in [6.07, 6.45) is 11.7. The van der Waals surface area contributed by atoms with Crippen molar-refractivity contribution in [1.29, 1.82) is 0 Å². The monoisotopic (exact) mass is 496 g/mol. The highest BCUT2D eigenvalue weighted by atomic mass is 35.5. The van der Waals surface area contributed by atoms with Crippen molar-refractivity contribution in [1.82, 2.24) is 4.98 Å². The third kappa shape index (κ3) is 6.49. The molecular formula is C27H26ClFN2O4. The summed E-state index contributed by atoms with van der Waals surface area (Å²) in [5.41, 5.74) is 1.20. The Kier molecular flexibility index (Phi) is 9.04. The zero-order valence-corrected chi connectivity index (χ0v) is 20.2. The van der Waals surface area contributed by atoms with Crippen molar-refractivity contribution < 1.29 is 23.5 Å². The first-order valence-electron chi connectivity index (χ1n) is 11.2. The number of hydrogen-bond acceptors (Lipinski definition) is 5. The molecule has 1 atom stereocenters. The number of nitrogens with zero attached hydrogens (tertiary/aromatic N) is 2. The predicted molar refractivity (Wildman–Crippen MR) is 132 cm³/mol. The van der Waals surface area contributed by atoms with Gasteiger partial charge in [-0.05, 0) is 50.3 Å². The molecule has 1 aliphatic rings. The number of esters is 1. The van der Waals surface area contributed by atoms with Gasteiger partial charge in [-0.1, -0.05) is 36.2 Å². The number of carbonyl (C=O) groups is 2. The van der Waals surface area contributed by atoms with Crippen LogP contribution in [0.5, 0.6) is 5.75 Å². The lowest BCUT2D eigenvalue weighted by Crippen LogP contribution is -2.34. The number of anilines is 1. The molecule has 0 saturated heterocycles. The van der Waals surface area contributed by atoms with E-state index in [0.29, 0.717) is 29.6 Å². The van der Waals surface area contributed by atoms with Gasteiger partial charge in [-0.2, -0.15) is 0 Å². The van der Waals surface area contributed by atoms with Crippen LogP contribution in [0.25, 0.3) is 0 Å². The summed E-state index contributed by atoms with van der Waals surface area (Å²) in [5.74, 6) is 0.766. The molecule has 8 heteroatoms. The van der Waals surface area contributed by atoms with Gasteiger partial charge < -0.3 is 14.4 Å². The van der Waals surface area contributed by atoms with E-state index in [4.69, 9.17) is 27.5 Å². The van der Waals surface area contributed by atoms with E-state index in [0.717, 1.165) is 18.9 Å². The molecule has 35 heavy (non-hydrogen) atoms. The van der Waals surface area contributed by atoms with Crippen LogP contribution in [0.2, 0.25) is 5.02 Å². The van der Waals surface area contributed by atoms with Crippen LogP contribution in [-0.2, 0) is 20.9 Å². The maximum Gasteiger partial charge on any atom is 0.334 e. The largest absolute Gasteiger partial charge is 0.476 e. The van der Waals surface area contributed by atoms with E-state index < -0.39 is 23.8 Å². The minimum Gasteiger partial charge on any atom is -0.476 e. The summed E-state index contributed by atoms with van der Waals surface area (Å²) >= 11 is 6.18. The number of amides is 1. The summed E-state index contributed by atoms with van der Waals surface area (Å²) < 4.78 is 26.1. The van der Waals surface area contributed by atoms with Crippen molar-refractivity contribution in [2.75, 3.05) is 11.5 Å². The van der Waals surface area contributed by atoms with Gasteiger partial charge in [0.2, 0.25) is 0 Å². The number of carbonyl (C=O) groups excluding carboxylic acids is 2. The Morgan fingerprint density at radius 2 is 2.09 bits per heavy atom. The summed E-state index contributed by atoms with van der Waals surface area (Å²) in [5, 5.41) is 0.0210. The molecular weight excluding hydrogens is 471 g/mol. The fourth-order valence-electron chi connectivity index (χ4n) is 3.73. The lowest BCUT2D eigenvalue weighted by Gasteiger charge is -2.28. The first kappa shape index (κ1) is 26.0. The van der Waals surface area contributed by atoms with E-state index in [1.165, 1.54) is 17.0 Å². The molecule has 182 valence electrons. The number of rotatable bonds is 9. The van der Waals surface area contributed by atoms with Crippen LogP contribution >= 0.6 is 11.6 Å². The molecule has 1 amide bonds. The van der Waals surface area contributed by atoms with E-state index >= 15 is 4.39 Å². The Bertz CT molecular complexity index is 1170. The normalized spacial score (nSPS) is 14.0. The van der Waals surface area contributed by atoms with Crippen LogP contribution in [-0.4, -0.2) is 29.6 Å². The number of ether oxygens (including phenoxy) is 2. The van der Waals surface area contributed by atoms with Gasteiger partial charge >= 0.3 is 5.97 Å². The van der Waals surface area contributed by atoms with Gasteiger partial charge in [0.05, 0.1) is 17.3 Å². The Morgan fingerprint density at radius 3 is 2.74 bits per heavy atom. The highest BCUT2D eigenvalue weighted by Gasteiger charge is 2.30. The van der Waals surface area contributed by atoms with Gasteiger partial charge in [-0.3, -0.25) is 9.78 Å². The van der Waals surface area contributed by atoms with Gasteiger partial charge in [0.25, 0.3) is 5.91 Å². The van der Waals surface area contributed by atoms with Crippen molar-refractivity contribution in [2.45, 2.75) is 45.3 Å². The van der Waals surface area contributed by atoms with Crippen molar-refractivity contribution >= 4 is 29.2 Å². The predicted octanol–water partition coefficient (Wildman–Crippen LogP) is 5.41. The summed E-state index contributed by atoms with van der Waals surface area (Å²) in [6.45, 7) is 5.23. The summed E-state index contributed by atoms with van der Waals surface area (Å²) in [4.78, 5) is 31.9. The number of terminal acetylenes is 1. The Morgan fingerprint density at radius 1 is 1.34 bits per heavy atom. The number of benzene rings is 1. The second-order valence-corrected chi connectivity index (χ2v) is 8.37. The van der Waals surface area contributed by atoms with E-state index in [-0.39, 0.29) is 29.6 Å². The zero-order valence-electron chi connectivity index (χ0n) is 19.4. The third-order valence-corrected chi connectivity index (χ3v) is 5.74. The average molecular weight is 497 g/mol. The van der Waals surface area contributed by atoms with Gasteiger partial charge in [0, 0.05) is 29.6 Å². The fraction of sp³-hybridized carbons (Fsp3) is 0.296. The molecule has 1 aromatic heterocycles. The number of aromatic nitrogens is 1. The minimum absolute atomic E-state index is 0.00778. The molecule has 0 radical (unpaired) electrons. The first-order chi connectivity index (χ1) is 16.8. The van der Waals surface area contributed by atoms with Crippen LogP contribution in [0.1, 0.15) is 38.2 Å². The van der Waals surface area contributed by atoms with Gasteiger partial charge in [-0.15, -0.1) is 6.42 Å². The molecule has 1 aliphatic carbocycles. The fourth-order valence-corrected chi connectivity index (χ4v) is 3.93. The molecule has 0 bridgehead atoms. The van der Waals surface area contributed by atoms with Crippen LogP contribution in [0.15, 0.2) is 60.5 Å². The smallest absolute Gasteiger partial charge is 0.334 e. The molecule has 1 aromatic carbocycles. The Hall–Kier alpha value is -3.63. The second kappa shape index (κ2) is 12.2. The lowest BCUT2D eigenvalue weighted by atomic mass is 9.90. The summed E-state index contributed by atoms with van der Waals surface area (Å²) in [6, 6.07) is 5.91. The van der Waals surface area contributed by atoms with Crippen molar-refractivity contribution in [3.8, 4) is 18.1 Å². The third-order valence-electron chi connectivity index (χ3n) is 5.44. The first-order valence-corrected chi connectivity index (χ1v) is 11.6. The number of hydrogen-bond donors (Lipinski definition) is 0. The van der Waals surface area contributed by atoms with Crippen molar-refractivity contribution in [2.24, 2.45) is 0 Å². The van der Waals surface area contributed by atoms with E-state index in [1.807, 2.05) is 0 Å². The van der Waals surface area contributed by atoms with Gasteiger partial charge in [0.15, 0.2) is 6.10 Å². The lowest BCUT2D eigenvalue weighted by molar-refractivity contribution is -0.138. The SMILES string of the molecule is C#CC(C)Oc1cc(N(Cc2cccnc2)C(=O)C2=C(C(=O)OCC=C)CCCC2)c(F)cc1Cl. The van der Waals surface area contributed by atoms with Crippen molar-refractivity contribution in [3.05, 3.63) is 76.9 Å². The molecule has 0 fully saturated rings. The quantitative estimate of drug-likeness (QED) is 0.264. The standard InChI is InChI=1S/C27H26ClFN2O4/c1-4-13-34-27(33)21-11-7-6-10-20(21)26(32)31(17-19-9-8-12-30-16-19)24-15-25(35-18(3)5-2)22(28)14-23(24)29/h2,4,8-9,12,14-16,18H,1,6-7,10-11,13,17H2,3H3.